The van der Waals surface area contributed by atoms with Crippen LogP contribution in [0.2, 0.25) is 0 Å². The topological polar surface area (TPSA) is 70.9 Å². The Morgan fingerprint density at radius 2 is 1.65 bits per heavy atom. The van der Waals surface area contributed by atoms with Crippen molar-refractivity contribution < 1.29 is 18.1 Å². The molecular weight excluding hydrogens is 314 g/mol. The molecule has 2 N–H and O–H groups in total. The number of likely N-dealkylation sites (N-methyl/N-ethyl adjacent to an activating group) is 1. The van der Waals surface area contributed by atoms with Gasteiger partial charge in [-0.3, -0.25) is 4.79 Å². The number of nitrogens with one attached hydrogen (secondary N) is 2. The summed E-state index contributed by atoms with van der Waals surface area (Å²) in [6.45, 7) is 8.20. The summed E-state index contributed by atoms with van der Waals surface area (Å²) >= 11 is 0. The van der Waals surface area contributed by atoms with Gasteiger partial charge in [0.15, 0.2) is 0 Å². The van der Waals surface area contributed by atoms with Crippen molar-refractivity contribution in [1.29, 1.82) is 0 Å². The summed E-state index contributed by atoms with van der Waals surface area (Å²) in [6.07, 6.45) is 0. The molecule has 0 saturated carbocycles. The van der Waals surface area contributed by atoms with Crippen LogP contribution >= 0.6 is 0 Å². The number of hydrogen-bond acceptors (Lipinski definition) is 3. The highest BCUT2D eigenvalue weighted by Gasteiger charge is 2.29. The number of sulfonamides is 1. The van der Waals surface area contributed by atoms with E-state index < -0.39 is 15.4 Å². The van der Waals surface area contributed by atoms with Gasteiger partial charge < -0.3 is 10.2 Å². The van der Waals surface area contributed by atoms with Gasteiger partial charge in [-0.1, -0.05) is 20.8 Å². The Hall–Kier alpha value is -1.44. The molecule has 1 fully saturated rings. The number of nitrogens with zero attached hydrogens (tertiary/aromatic N) is 1. The van der Waals surface area contributed by atoms with Crippen molar-refractivity contribution in [3.8, 4) is 0 Å². The van der Waals surface area contributed by atoms with E-state index in [4.69, 9.17) is 0 Å². The maximum atomic E-state index is 12.6. The Balaban J connectivity index is 2.11. The van der Waals surface area contributed by atoms with E-state index in [0.29, 0.717) is 18.8 Å². The zero-order valence-electron chi connectivity index (χ0n) is 14.2. The molecule has 0 atom stereocenters. The summed E-state index contributed by atoms with van der Waals surface area (Å²) in [5.41, 5.74) is 0.110. The first-order valence-corrected chi connectivity index (χ1v) is 9.28. The van der Waals surface area contributed by atoms with Crippen LogP contribution in [0.15, 0.2) is 29.2 Å². The van der Waals surface area contributed by atoms with Crippen molar-refractivity contribution in [3.05, 3.63) is 24.3 Å². The maximum absolute atomic E-state index is 12.6. The minimum atomic E-state index is -3.45. The second-order valence-electron chi connectivity index (χ2n) is 7.09. The van der Waals surface area contributed by atoms with Crippen LogP contribution in [-0.2, 0) is 14.8 Å². The lowest BCUT2D eigenvalue weighted by atomic mass is 9.95. The average Bonchev–Trinajstić information content (AvgIpc) is 2.47. The Kier molecular flexibility index (Phi) is 5.13. The molecule has 1 aliphatic heterocycles. The first kappa shape index (κ1) is 17.9. The molecule has 128 valence electrons. The summed E-state index contributed by atoms with van der Waals surface area (Å²) < 4.78 is 26.8. The van der Waals surface area contributed by atoms with E-state index in [1.165, 1.54) is 9.21 Å². The maximum Gasteiger partial charge on any atom is 0.243 e. The molecule has 6 nitrogen and oxygen atoms in total. The third kappa shape index (κ3) is 4.31. The van der Waals surface area contributed by atoms with Gasteiger partial charge in [-0.25, -0.2) is 8.42 Å². The first-order valence-electron chi connectivity index (χ1n) is 7.84. The van der Waals surface area contributed by atoms with Crippen molar-refractivity contribution in [2.45, 2.75) is 25.7 Å². The van der Waals surface area contributed by atoms with Crippen LogP contribution in [0.5, 0.6) is 0 Å². The summed E-state index contributed by atoms with van der Waals surface area (Å²) in [5, 5.41) is 2.80. The van der Waals surface area contributed by atoms with Gasteiger partial charge in [0.05, 0.1) is 38.1 Å². The Morgan fingerprint density at radius 3 is 2.13 bits per heavy atom. The third-order valence-electron chi connectivity index (χ3n) is 4.01. The molecule has 7 heteroatoms. The fraction of sp³-hybridized carbons (Fsp3) is 0.562. The number of anilines is 1. The van der Waals surface area contributed by atoms with Gasteiger partial charge in [-0.2, -0.15) is 4.31 Å². The number of benzene rings is 1. The molecule has 1 saturated heterocycles. The molecule has 1 aromatic rings. The van der Waals surface area contributed by atoms with E-state index in [2.05, 4.69) is 12.4 Å². The van der Waals surface area contributed by atoms with Gasteiger partial charge in [0, 0.05) is 11.1 Å². The van der Waals surface area contributed by atoms with E-state index in [1.54, 1.807) is 24.3 Å². The van der Waals surface area contributed by atoms with Crippen LogP contribution in [0.3, 0.4) is 0 Å². The predicted molar refractivity (Wildman–Crippen MR) is 89.9 cm³/mol. The van der Waals surface area contributed by atoms with Crippen molar-refractivity contribution in [3.63, 3.8) is 0 Å². The SMILES string of the molecule is C[NH+]1CCN(S(=O)(=O)c2ccc(NC(=O)C(C)(C)C)cc2)CC1. The highest BCUT2D eigenvalue weighted by molar-refractivity contribution is 7.89. The highest BCUT2D eigenvalue weighted by Crippen LogP contribution is 2.21. The van der Waals surface area contributed by atoms with Crippen molar-refractivity contribution in [2.75, 3.05) is 38.5 Å². The van der Waals surface area contributed by atoms with Crippen LogP contribution in [-0.4, -0.2) is 51.9 Å². The molecule has 1 aliphatic rings. The molecule has 0 aromatic heterocycles. The number of carbonyl (C=O) groups excluding carboxylic acids is 1. The molecule has 1 amide bonds. The average molecular weight is 340 g/mol. The lowest BCUT2D eigenvalue weighted by Crippen LogP contribution is -3.12. The van der Waals surface area contributed by atoms with Gasteiger partial charge in [0.2, 0.25) is 15.9 Å². The predicted octanol–water partition coefficient (Wildman–Crippen LogP) is 0.190. The second kappa shape index (κ2) is 6.59. The standard InChI is InChI=1S/C16H25N3O3S/c1-16(2,3)15(20)17-13-5-7-14(8-6-13)23(21,22)19-11-9-18(4)10-12-19/h5-8H,9-12H2,1-4H3,(H,17,20)/p+1. The number of piperazine rings is 1. The van der Waals surface area contributed by atoms with Crippen LogP contribution < -0.4 is 10.2 Å². The van der Waals surface area contributed by atoms with Gasteiger partial charge in [0.25, 0.3) is 0 Å². The smallest absolute Gasteiger partial charge is 0.243 e. The lowest BCUT2D eigenvalue weighted by Gasteiger charge is -2.29. The molecular formula is C16H26N3O3S+. The third-order valence-corrected chi connectivity index (χ3v) is 5.92. The van der Waals surface area contributed by atoms with E-state index in [0.717, 1.165) is 13.1 Å². The normalized spacial score (nSPS) is 17.9. The summed E-state index contributed by atoms with van der Waals surface area (Å²) in [6, 6.07) is 6.38. The Morgan fingerprint density at radius 1 is 1.13 bits per heavy atom. The molecule has 0 spiro atoms. The number of hydrogen-bond donors (Lipinski definition) is 2. The fourth-order valence-electron chi connectivity index (χ4n) is 2.29. The minimum Gasteiger partial charge on any atom is -0.335 e. The Labute approximate surface area is 138 Å². The largest absolute Gasteiger partial charge is 0.335 e. The van der Waals surface area contributed by atoms with Crippen LogP contribution in [0.25, 0.3) is 0 Å². The van der Waals surface area contributed by atoms with E-state index in [1.807, 2.05) is 20.8 Å². The lowest BCUT2D eigenvalue weighted by molar-refractivity contribution is -0.883. The van der Waals surface area contributed by atoms with Crippen LogP contribution in [0, 0.1) is 5.41 Å². The monoisotopic (exact) mass is 340 g/mol. The summed E-state index contributed by atoms with van der Waals surface area (Å²) in [5.74, 6) is -0.102. The number of rotatable bonds is 3. The fourth-order valence-corrected chi connectivity index (χ4v) is 3.73. The van der Waals surface area contributed by atoms with Crippen LogP contribution in [0.1, 0.15) is 20.8 Å². The minimum absolute atomic E-state index is 0.102. The highest BCUT2D eigenvalue weighted by atomic mass is 32.2. The zero-order valence-corrected chi connectivity index (χ0v) is 15.0. The van der Waals surface area contributed by atoms with Gasteiger partial charge in [-0.05, 0) is 24.3 Å². The van der Waals surface area contributed by atoms with Gasteiger partial charge in [0.1, 0.15) is 0 Å². The Bertz CT molecular complexity index is 655. The second-order valence-corrected chi connectivity index (χ2v) is 9.03. The molecule has 1 heterocycles. The van der Waals surface area contributed by atoms with E-state index >= 15 is 0 Å². The molecule has 1 aromatic carbocycles. The van der Waals surface area contributed by atoms with Crippen LogP contribution in [0.4, 0.5) is 5.69 Å². The molecule has 0 radical (unpaired) electrons. The molecule has 0 bridgehead atoms. The van der Waals surface area contributed by atoms with Crippen molar-refractivity contribution >= 4 is 21.6 Å². The van der Waals surface area contributed by atoms with Gasteiger partial charge >= 0.3 is 0 Å². The summed E-state index contributed by atoms with van der Waals surface area (Å²) in [4.78, 5) is 13.6. The first-order chi connectivity index (χ1) is 10.6. The van der Waals surface area contributed by atoms with E-state index in [-0.39, 0.29) is 10.8 Å². The van der Waals surface area contributed by atoms with Gasteiger partial charge in [-0.15, -0.1) is 0 Å². The van der Waals surface area contributed by atoms with E-state index in [9.17, 15) is 13.2 Å². The molecule has 0 unspecified atom stereocenters. The molecule has 0 aliphatic carbocycles. The number of quaternary nitrogens is 1. The zero-order chi connectivity index (χ0) is 17.3. The molecule has 2 rings (SSSR count). The number of amides is 1. The van der Waals surface area contributed by atoms with Crippen molar-refractivity contribution in [2.24, 2.45) is 5.41 Å². The quantitative estimate of drug-likeness (QED) is 0.825. The van der Waals surface area contributed by atoms with Crippen molar-refractivity contribution in [1.82, 2.24) is 4.31 Å². The molecule has 23 heavy (non-hydrogen) atoms. The number of carbonyl (C=O) groups is 1. The summed E-state index contributed by atoms with van der Waals surface area (Å²) in [7, 11) is -1.39.